The lowest BCUT2D eigenvalue weighted by atomic mass is 9.64. The van der Waals surface area contributed by atoms with Crippen molar-refractivity contribution in [3.05, 3.63) is 53.5 Å². The van der Waals surface area contributed by atoms with Crippen LogP contribution in [0.3, 0.4) is 0 Å². The summed E-state index contributed by atoms with van der Waals surface area (Å²) < 4.78 is 0. The van der Waals surface area contributed by atoms with E-state index in [-0.39, 0.29) is 29.1 Å². The van der Waals surface area contributed by atoms with Gasteiger partial charge in [-0.3, -0.25) is 15.0 Å². The van der Waals surface area contributed by atoms with Crippen molar-refractivity contribution in [3.63, 3.8) is 0 Å². The molecule has 3 rings (SSSR count). The van der Waals surface area contributed by atoms with Gasteiger partial charge in [-0.05, 0) is 55.6 Å². The molecule has 0 saturated carbocycles. The highest BCUT2D eigenvalue weighted by molar-refractivity contribution is 5.68. The van der Waals surface area contributed by atoms with Gasteiger partial charge in [-0.15, -0.1) is 0 Å². The van der Waals surface area contributed by atoms with Gasteiger partial charge >= 0.3 is 0 Å². The van der Waals surface area contributed by atoms with Gasteiger partial charge in [0.15, 0.2) is 0 Å². The highest BCUT2D eigenvalue weighted by atomic mass is 14.7. The third-order valence-electron chi connectivity index (χ3n) is 8.26. The van der Waals surface area contributed by atoms with Crippen molar-refractivity contribution in [2.45, 2.75) is 143 Å². The number of dihydropyridines is 1. The van der Waals surface area contributed by atoms with E-state index in [1.54, 1.807) is 5.57 Å². The van der Waals surface area contributed by atoms with Crippen LogP contribution in [-0.2, 0) is 10.8 Å². The Hall–Kier alpha value is -2.03. The van der Waals surface area contributed by atoms with Crippen molar-refractivity contribution >= 4 is 12.4 Å². The summed E-state index contributed by atoms with van der Waals surface area (Å²) in [6, 6.07) is 2.14. The normalized spacial score (nSPS) is 21.1. The lowest BCUT2D eigenvalue weighted by Gasteiger charge is -2.41. The first-order valence-electron chi connectivity index (χ1n) is 16.0. The second kappa shape index (κ2) is 14.8. The van der Waals surface area contributed by atoms with Gasteiger partial charge in [-0.1, -0.05) is 150 Å². The Morgan fingerprint density at radius 2 is 1.12 bits per heavy atom. The average Bonchev–Trinajstić information content (AvgIpc) is 2.82. The maximum Gasteiger partial charge on any atom is 0.0569 e. The van der Waals surface area contributed by atoms with Crippen molar-refractivity contribution in [1.82, 2.24) is 4.98 Å². The highest BCUT2D eigenvalue weighted by Crippen LogP contribution is 2.43. The number of hydrogen-bond donors (Lipinski definition) is 0. The second-order valence-electron chi connectivity index (χ2n) is 18.6. The van der Waals surface area contributed by atoms with Crippen molar-refractivity contribution in [2.75, 3.05) is 6.54 Å². The van der Waals surface area contributed by atoms with Crippen LogP contribution in [0.1, 0.15) is 143 Å². The molecule has 0 bridgehead atoms. The van der Waals surface area contributed by atoms with Crippen LogP contribution in [0.2, 0.25) is 0 Å². The molecule has 43 heavy (non-hydrogen) atoms. The van der Waals surface area contributed by atoms with Crippen LogP contribution < -0.4 is 0 Å². The summed E-state index contributed by atoms with van der Waals surface area (Å²) in [6.45, 7) is 41.8. The molecule has 3 heteroatoms. The highest BCUT2D eigenvalue weighted by Gasteiger charge is 2.37. The molecule has 2 aliphatic rings. The second-order valence-corrected chi connectivity index (χ2v) is 18.6. The molecule has 0 amide bonds. The molecule has 3 heterocycles. The van der Waals surface area contributed by atoms with Gasteiger partial charge in [0.25, 0.3) is 0 Å². The lowest BCUT2D eigenvalue weighted by molar-refractivity contribution is 0.159. The molecular formula is C40H71N3. The van der Waals surface area contributed by atoms with Crippen molar-refractivity contribution in [1.29, 1.82) is 0 Å². The predicted molar refractivity (Wildman–Crippen MR) is 196 cm³/mol. The standard InChI is InChI=1S/2C13H23N.C13H21N.CH4/c3*1-12(2,3)10-7-8-14-9-11(10)13(4,5)6;/h7,9,11H,8H2,1-6H3;7-11H,1-6H3;7-9H,1-6H3;1H4. The Balaban J connectivity index is 0.000000608. The molecule has 3 nitrogen and oxygen atoms in total. The predicted octanol–water partition coefficient (Wildman–Crippen LogP) is 11.9. The summed E-state index contributed by atoms with van der Waals surface area (Å²) in [6.07, 6.45) is 14.6. The molecule has 0 aromatic carbocycles. The summed E-state index contributed by atoms with van der Waals surface area (Å²) >= 11 is 0. The first kappa shape index (κ1) is 41.0. The van der Waals surface area contributed by atoms with E-state index in [0.29, 0.717) is 28.6 Å². The zero-order chi connectivity index (χ0) is 32.9. The first-order chi connectivity index (χ1) is 18.7. The zero-order valence-corrected chi connectivity index (χ0v) is 30.9. The Morgan fingerprint density at radius 1 is 0.605 bits per heavy atom. The van der Waals surface area contributed by atoms with E-state index >= 15 is 0 Å². The van der Waals surface area contributed by atoms with E-state index in [1.807, 2.05) is 18.6 Å². The maximum atomic E-state index is 4.39. The summed E-state index contributed by atoms with van der Waals surface area (Å²) in [5, 5.41) is 0. The van der Waals surface area contributed by atoms with Gasteiger partial charge in [0.1, 0.15) is 0 Å². The van der Waals surface area contributed by atoms with Crippen LogP contribution in [0.5, 0.6) is 0 Å². The fourth-order valence-corrected chi connectivity index (χ4v) is 5.72. The van der Waals surface area contributed by atoms with Crippen LogP contribution in [0.25, 0.3) is 0 Å². The monoisotopic (exact) mass is 594 g/mol. The first-order valence-corrected chi connectivity index (χ1v) is 16.0. The van der Waals surface area contributed by atoms with E-state index in [2.05, 4.69) is 170 Å². The van der Waals surface area contributed by atoms with Crippen molar-refractivity contribution in [3.8, 4) is 0 Å². The zero-order valence-electron chi connectivity index (χ0n) is 30.9. The fourth-order valence-electron chi connectivity index (χ4n) is 5.72. The maximum absolute atomic E-state index is 4.39. The number of aromatic nitrogens is 1. The van der Waals surface area contributed by atoms with Gasteiger partial charge < -0.3 is 0 Å². The fraction of sp³-hybridized carbons (Fsp3) is 0.725. The molecule has 3 unspecified atom stereocenters. The summed E-state index contributed by atoms with van der Waals surface area (Å²) in [5.74, 6) is 1.64. The molecular weight excluding hydrogens is 522 g/mol. The van der Waals surface area contributed by atoms with E-state index in [9.17, 15) is 0 Å². The summed E-state index contributed by atoms with van der Waals surface area (Å²) in [4.78, 5) is 12.9. The minimum atomic E-state index is 0. The third kappa shape index (κ3) is 12.8. The quantitative estimate of drug-likeness (QED) is 0.276. The molecule has 1 aromatic heterocycles. The minimum absolute atomic E-state index is 0. The largest absolute Gasteiger partial charge is 0.293 e. The van der Waals surface area contributed by atoms with Crippen LogP contribution in [0, 0.1) is 39.4 Å². The van der Waals surface area contributed by atoms with Crippen molar-refractivity contribution < 1.29 is 0 Å². The van der Waals surface area contributed by atoms with Crippen LogP contribution in [0.4, 0.5) is 0 Å². The Kier molecular flexibility index (Phi) is 14.1. The average molecular weight is 594 g/mol. The number of rotatable bonds is 0. The Bertz CT molecular complexity index is 1040. The molecule has 0 radical (unpaired) electrons. The molecule has 0 N–H and O–H groups in total. The molecule has 2 aliphatic heterocycles. The molecule has 1 aromatic rings. The van der Waals surface area contributed by atoms with E-state index in [1.165, 1.54) is 11.1 Å². The topological polar surface area (TPSA) is 37.6 Å². The lowest BCUT2D eigenvalue weighted by Crippen LogP contribution is -2.36. The molecule has 0 aliphatic carbocycles. The smallest absolute Gasteiger partial charge is 0.0569 e. The van der Waals surface area contributed by atoms with Crippen LogP contribution in [-0.4, -0.2) is 24.0 Å². The van der Waals surface area contributed by atoms with Gasteiger partial charge in [-0.25, -0.2) is 0 Å². The molecule has 0 saturated heterocycles. The van der Waals surface area contributed by atoms with Gasteiger partial charge in [-0.2, -0.15) is 0 Å². The SMILES string of the molecule is C.CC(C)(C)C1=CCN=CC1C(C)(C)C.CC(C)(C)C1C=CN=CC1C(C)(C)C.CC(C)(C)c1ccncc1C(C)(C)C. The number of hydrogen-bond acceptors (Lipinski definition) is 3. The molecule has 3 atom stereocenters. The van der Waals surface area contributed by atoms with E-state index in [0.717, 1.165) is 6.54 Å². The Labute approximate surface area is 269 Å². The summed E-state index contributed by atoms with van der Waals surface area (Å²) in [7, 11) is 0. The number of nitrogens with zero attached hydrogens (tertiary/aromatic N) is 3. The number of aliphatic imine (C=N–C) groups is 2. The number of pyridine rings is 1. The van der Waals surface area contributed by atoms with E-state index < -0.39 is 0 Å². The minimum Gasteiger partial charge on any atom is -0.293 e. The van der Waals surface area contributed by atoms with Gasteiger partial charge in [0, 0.05) is 42.9 Å². The van der Waals surface area contributed by atoms with E-state index in [4.69, 9.17) is 0 Å². The Morgan fingerprint density at radius 3 is 1.47 bits per heavy atom. The number of allylic oxidation sites excluding steroid dienone is 2. The molecule has 246 valence electrons. The van der Waals surface area contributed by atoms with Crippen LogP contribution >= 0.6 is 0 Å². The van der Waals surface area contributed by atoms with Gasteiger partial charge in [0.05, 0.1) is 6.54 Å². The van der Waals surface area contributed by atoms with Crippen LogP contribution in [0.15, 0.2) is 52.4 Å². The van der Waals surface area contributed by atoms with Gasteiger partial charge in [0.2, 0.25) is 0 Å². The molecule has 0 spiro atoms. The molecule has 0 fully saturated rings. The third-order valence-corrected chi connectivity index (χ3v) is 8.26. The summed E-state index contributed by atoms with van der Waals surface area (Å²) in [5.41, 5.74) is 5.84. The van der Waals surface area contributed by atoms with Crippen molar-refractivity contribution in [2.24, 2.45) is 49.4 Å².